The molecule has 8 nitrogen and oxygen atoms in total. The summed E-state index contributed by atoms with van der Waals surface area (Å²) in [5, 5.41) is 6.00. The van der Waals surface area contributed by atoms with Crippen molar-refractivity contribution in [3.63, 3.8) is 0 Å². The summed E-state index contributed by atoms with van der Waals surface area (Å²) in [4.78, 5) is 33.1. The molecule has 2 aromatic carbocycles. The molecule has 0 spiro atoms. The second-order valence-electron chi connectivity index (χ2n) is 6.26. The van der Waals surface area contributed by atoms with Crippen molar-refractivity contribution in [1.29, 1.82) is 0 Å². The maximum absolute atomic E-state index is 12.4. The van der Waals surface area contributed by atoms with Gasteiger partial charge in [-0.3, -0.25) is 10.1 Å². The minimum absolute atomic E-state index is 0.423. The highest BCUT2D eigenvalue weighted by atomic mass is 32.2. The first-order chi connectivity index (χ1) is 14.1. The van der Waals surface area contributed by atoms with Crippen LogP contribution in [-0.2, 0) is 4.79 Å². The maximum atomic E-state index is 12.4. The number of carbonyl (C=O) groups is 2. The van der Waals surface area contributed by atoms with Crippen LogP contribution in [0.1, 0.15) is 6.92 Å². The van der Waals surface area contributed by atoms with Crippen LogP contribution in [0.2, 0.25) is 0 Å². The van der Waals surface area contributed by atoms with Crippen molar-refractivity contribution in [2.75, 3.05) is 18.5 Å². The lowest BCUT2D eigenvalue weighted by Gasteiger charge is -2.19. The van der Waals surface area contributed by atoms with Crippen LogP contribution in [0.15, 0.2) is 53.8 Å². The summed E-state index contributed by atoms with van der Waals surface area (Å²) in [5.41, 5.74) is 1.30. The third-order valence-corrected chi connectivity index (χ3v) is 5.32. The standard InChI is InChI=1S/C20H18N4O4S/c1-12(29-19-14-4-2-3-5-15(14)21-11-22-19)18(25)24-20(26)23-13-6-7-16-17(10-13)28-9-8-27-16/h2-7,10-12H,8-9H2,1H3,(H2,23,24,25,26). The van der Waals surface area contributed by atoms with Gasteiger partial charge in [0.25, 0.3) is 0 Å². The van der Waals surface area contributed by atoms with Crippen molar-refractivity contribution in [2.45, 2.75) is 17.2 Å². The van der Waals surface area contributed by atoms with Gasteiger partial charge < -0.3 is 14.8 Å². The van der Waals surface area contributed by atoms with Gasteiger partial charge in [-0.2, -0.15) is 0 Å². The SMILES string of the molecule is CC(Sc1ncnc2ccccc12)C(=O)NC(=O)Nc1ccc2c(c1)OCCO2. The van der Waals surface area contributed by atoms with Crippen molar-refractivity contribution < 1.29 is 19.1 Å². The number of ether oxygens (including phenoxy) is 2. The number of thioether (sulfide) groups is 1. The maximum Gasteiger partial charge on any atom is 0.325 e. The molecule has 1 unspecified atom stereocenters. The zero-order valence-electron chi connectivity index (χ0n) is 15.5. The highest BCUT2D eigenvalue weighted by Gasteiger charge is 2.20. The van der Waals surface area contributed by atoms with Crippen LogP contribution in [-0.4, -0.2) is 40.4 Å². The van der Waals surface area contributed by atoms with Crippen LogP contribution in [0.5, 0.6) is 11.5 Å². The zero-order chi connectivity index (χ0) is 20.2. The summed E-state index contributed by atoms with van der Waals surface area (Å²) in [6.45, 7) is 2.66. The number of carbonyl (C=O) groups excluding carboxylic acids is 2. The third kappa shape index (κ3) is 4.40. The molecule has 148 valence electrons. The average Bonchev–Trinajstić information content (AvgIpc) is 2.73. The molecule has 0 aliphatic carbocycles. The second-order valence-corrected chi connectivity index (χ2v) is 7.59. The fourth-order valence-electron chi connectivity index (χ4n) is 2.79. The molecule has 2 heterocycles. The van der Waals surface area contributed by atoms with Crippen LogP contribution in [0.25, 0.3) is 10.9 Å². The summed E-state index contributed by atoms with van der Waals surface area (Å²) < 4.78 is 10.9. The van der Waals surface area contributed by atoms with Crippen molar-refractivity contribution in [2.24, 2.45) is 0 Å². The van der Waals surface area contributed by atoms with Crippen molar-refractivity contribution in [1.82, 2.24) is 15.3 Å². The number of fused-ring (bicyclic) bond motifs is 2. The molecule has 1 aliphatic rings. The number of nitrogens with one attached hydrogen (secondary N) is 2. The molecule has 2 N–H and O–H groups in total. The number of para-hydroxylation sites is 1. The molecule has 0 bridgehead atoms. The van der Waals surface area contributed by atoms with Gasteiger partial charge in [-0.15, -0.1) is 0 Å². The highest BCUT2D eigenvalue weighted by Crippen LogP contribution is 2.32. The molecule has 0 saturated heterocycles. The van der Waals surface area contributed by atoms with Gasteiger partial charge in [0.1, 0.15) is 24.6 Å². The molecule has 0 saturated carbocycles. The predicted octanol–water partition coefficient (Wildman–Crippen LogP) is 3.23. The molecule has 3 amide bonds. The Labute approximate surface area is 171 Å². The average molecular weight is 410 g/mol. The Kier molecular flexibility index (Phi) is 5.48. The predicted molar refractivity (Wildman–Crippen MR) is 109 cm³/mol. The molecule has 4 rings (SSSR count). The van der Waals surface area contributed by atoms with Crippen molar-refractivity contribution in [3.05, 3.63) is 48.8 Å². The molecule has 1 atom stereocenters. The number of benzene rings is 2. The van der Waals surface area contributed by atoms with E-state index in [0.717, 1.165) is 10.9 Å². The molecular weight excluding hydrogens is 392 g/mol. The monoisotopic (exact) mass is 410 g/mol. The normalized spacial score (nSPS) is 13.6. The molecule has 9 heteroatoms. The molecule has 3 aromatic rings. The Hall–Kier alpha value is -3.33. The fourth-order valence-corrected chi connectivity index (χ4v) is 3.70. The van der Waals surface area contributed by atoms with Gasteiger partial charge >= 0.3 is 6.03 Å². The lowest BCUT2D eigenvalue weighted by atomic mass is 10.2. The third-order valence-electron chi connectivity index (χ3n) is 4.20. The van der Waals surface area contributed by atoms with Crippen LogP contribution in [0.3, 0.4) is 0 Å². The molecule has 1 aromatic heterocycles. The quantitative estimate of drug-likeness (QED) is 0.503. The van der Waals surface area contributed by atoms with Crippen LogP contribution in [0.4, 0.5) is 10.5 Å². The second kappa shape index (κ2) is 8.36. The van der Waals surface area contributed by atoms with E-state index in [-0.39, 0.29) is 0 Å². The first-order valence-corrected chi connectivity index (χ1v) is 9.86. The van der Waals surface area contributed by atoms with E-state index in [1.54, 1.807) is 25.1 Å². The van der Waals surface area contributed by atoms with Crippen molar-refractivity contribution in [3.8, 4) is 11.5 Å². The van der Waals surface area contributed by atoms with E-state index in [1.165, 1.54) is 18.1 Å². The first-order valence-electron chi connectivity index (χ1n) is 8.98. The lowest BCUT2D eigenvalue weighted by molar-refractivity contribution is -0.119. The molecular formula is C20H18N4O4S. The lowest BCUT2D eigenvalue weighted by Crippen LogP contribution is -2.38. The van der Waals surface area contributed by atoms with Gasteiger partial charge in [-0.1, -0.05) is 30.0 Å². The number of hydrogen-bond donors (Lipinski definition) is 2. The summed E-state index contributed by atoms with van der Waals surface area (Å²) in [6.07, 6.45) is 1.46. The van der Waals surface area contributed by atoms with Crippen LogP contribution >= 0.6 is 11.8 Å². The first kappa shape index (κ1) is 19.0. The van der Waals surface area contributed by atoms with Gasteiger partial charge in [0.15, 0.2) is 11.5 Å². The molecule has 0 radical (unpaired) electrons. The molecule has 29 heavy (non-hydrogen) atoms. The van der Waals surface area contributed by atoms with E-state index in [9.17, 15) is 9.59 Å². The Bertz CT molecular complexity index is 1070. The van der Waals surface area contributed by atoms with Gasteiger partial charge in [0, 0.05) is 17.1 Å². The van der Waals surface area contributed by atoms with E-state index in [1.807, 2.05) is 24.3 Å². The van der Waals surface area contributed by atoms with E-state index >= 15 is 0 Å². The molecule has 1 aliphatic heterocycles. The number of imide groups is 1. The van der Waals surface area contributed by atoms with Crippen LogP contribution in [0, 0.1) is 0 Å². The van der Waals surface area contributed by atoms with Gasteiger partial charge in [0.2, 0.25) is 5.91 Å². The Morgan fingerprint density at radius 1 is 1.07 bits per heavy atom. The van der Waals surface area contributed by atoms with Gasteiger partial charge in [-0.25, -0.2) is 14.8 Å². The van der Waals surface area contributed by atoms with Gasteiger partial charge in [-0.05, 0) is 25.1 Å². The fraction of sp³-hybridized carbons (Fsp3) is 0.200. The number of anilines is 1. The number of urea groups is 1. The summed E-state index contributed by atoms with van der Waals surface area (Å²) in [5.74, 6) is 0.757. The van der Waals surface area contributed by atoms with E-state index in [2.05, 4.69) is 20.6 Å². The van der Waals surface area contributed by atoms with E-state index in [4.69, 9.17) is 9.47 Å². The van der Waals surface area contributed by atoms with Crippen LogP contribution < -0.4 is 20.1 Å². The minimum Gasteiger partial charge on any atom is -0.486 e. The Morgan fingerprint density at radius 3 is 2.72 bits per heavy atom. The number of nitrogens with zero attached hydrogens (tertiary/aromatic N) is 2. The van der Waals surface area contributed by atoms with E-state index in [0.29, 0.717) is 35.4 Å². The van der Waals surface area contributed by atoms with Gasteiger partial charge in [0.05, 0.1) is 10.8 Å². The minimum atomic E-state index is -0.619. The Balaban J connectivity index is 1.37. The number of hydrogen-bond acceptors (Lipinski definition) is 7. The summed E-state index contributed by atoms with van der Waals surface area (Å²) in [7, 11) is 0. The number of amides is 3. The number of rotatable bonds is 4. The van der Waals surface area contributed by atoms with E-state index < -0.39 is 17.2 Å². The topological polar surface area (TPSA) is 102 Å². The number of aromatic nitrogens is 2. The summed E-state index contributed by atoms with van der Waals surface area (Å²) >= 11 is 1.27. The summed E-state index contributed by atoms with van der Waals surface area (Å²) in [6, 6.07) is 12.0. The zero-order valence-corrected chi connectivity index (χ0v) is 16.4. The highest BCUT2D eigenvalue weighted by molar-refractivity contribution is 8.00. The van der Waals surface area contributed by atoms with Crippen molar-refractivity contribution >= 4 is 40.3 Å². The largest absolute Gasteiger partial charge is 0.486 e. The molecule has 0 fully saturated rings. The smallest absolute Gasteiger partial charge is 0.325 e. The Morgan fingerprint density at radius 2 is 1.86 bits per heavy atom.